The van der Waals surface area contributed by atoms with Gasteiger partial charge in [-0.15, -0.1) is 11.6 Å². The maximum Gasteiger partial charge on any atom is 0.155 e. The number of rotatable bonds is 4. The number of aliphatic hydroxyl groups is 1. The monoisotopic (exact) mass is 785 g/mol. The van der Waals surface area contributed by atoms with Gasteiger partial charge in [0.15, 0.2) is 5.78 Å². The number of ketones is 1. The van der Waals surface area contributed by atoms with Crippen molar-refractivity contribution < 1.29 is 43.4 Å². The van der Waals surface area contributed by atoms with Crippen LogP contribution >= 0.6 is 0 Å². The van der Waals surface area contributed by atoms with Gasteiger partial charge in [0.2, 0.25) is 0 Å². The molecule has 5 aromatic carbocycles. The molecular weight excluding hydrogens is 754 g/mol. The standard InChI is InChI=1S/C35H23FNO.C5H8O2.Ir/c1-22-29(34-28-17-16-27-25(14-9-15-32(27)36)26(28)18-19-37(34)2)20-30(23-10-5-3-6-11-23)31-21-33(38-35(22)31)24-12-7-4-8-13-24;1-4(6)3-5(2)7;/h3-21H,1-2H2;3,6H,1-2H3;/q-1;;/b;4-3-;. The first-order chi connectivity index (χ1) is 21.7. The van der Waals surface area contributed by atoms with Crippen LogP contribution in [-0.2, 0) is 24.9 Å². The van der Waals surface area contributed by atoms with Gasteiger partial charge < -0.3 is 14.1 Å². The zero-order valence-electron chi connectivity index (χ0n) is 25.4. The summed E-state index contributed by atoms with van der Waals surface area (Å²) in [7, 11) is 4.31. The van der Waals surface area contributed by atoms with E-state index in [-0.39, 0.29) is 37.5 Å². The van der Waals surface area contributed by atoms with E-state index in [1.165, 1.54) is 26.0 Å². The molecule has 231 valence electrons. The van der Waals surface area contributed by atoms with Crippen LogP contribution in [-0.4, -0.2) is 10.9 Å². The zero-order chi connectivity index (χ0) is 31.7. The minimum atomic E-state index is -0.230. The molecule has 4 nitrogen and oxygen atoms in total. The first-order valence-electron chi connectivity index (χ1n) is 14.5. The maximum atomic E-state index is 14.6. The molecule has 0 atom stereocenters. The molecule has 1 N–H and O–H groups in total. The molecular formula is C40H31FIrNO3-. The van der Waals surface area contributed by atoms with Crippen molar-refractivity contribution in [2.75, 3.05) is 0 Å². The number of allylic oxidation sites excluding steroid dienone is 2. The molecule has 0 spiro atoms. The van der Waals surface area contributed by atoms with Crippen molar-refractivity contribution in [2.24, 2.45) is 0 Å². The van der Waals surface area contributed by atoms with Crippen LogP contribution in [0.3, 0.4) is 0 Å². The van der Waals surface area contributed by atoms with Gasteiger partial charge in [-0.1, -0.05) is 84.9 Å². The molecule has 46 heavy (non-hydrogen) atoms. The molecule has 0 bridgehead atoms. The normalized spacial score (nSPS) is 11.2. The van der Waals surface area contributed by atoms with E-state index in [0.29, 0.717) is 5.39 Å². The number of fused-ring (bicyclic) bond motifs is 4. The molecule has 0 amide bonds. The predicted molar refractivity (Wildman–Crippen MR) is 180 cm³/mol. The van der Waals surface area contributed by atoms with Gasteiger partial charge in [0, 0.05) is 49.8 Å². The third-order valence-corrected chi connectivity index (χ3v) is 7.73. The summed E-state index contributed by atoms with van der Waals surface area (Å²) in [6, 6.07) is 35.7. The molecule has 0 aliphatic carbocycles. The van der Waals surface area contributed by atoms with E-state index in [4.69, 9.17) is 9.52 Å². The maximum absolute atomic E-state index is 14.6. The number of halogens is 1. The summed E-state index contributed by atoms with van der Waals surface area (Å²) >= 11 is 0. The molecule has 0 saturated carbocycles. The van der Waals surface area contributed by atoms with Crippen molar-refractivity contribution in [3.8, 4) is 33.7 Å². The summed E-state index contributed by atoms with van der Waals surface area (Å²) in [4.78, 5) is 10.0. The number of hydrogen-bond acceptors (Lipinski definition) is 3. The van der Waals surface area contributed by atoms with E-state index in [2.05, 4.69) is 38.2 Å². The van der Waals surface area contributed by atoms with Gasteiger partial charge in [0.25, 0.3) is 0 Å². The van der Waals surface area contributed by atoms with E-state index in [9.17, 15) is 9.18 Å². The van der Waals surface area contributed by atoms with Crippen LogP contribution in [0.15, 0.2) is 132 Å². The van der Waals surface area contributed by atoms with Crippen LogP contribution in [0.2, 0.25) is 0 Å². The number of carbonyl (C=O) groups is 1. The molecule has 6 heteroatoms. The second-order valence-electron chi connectivity index (χ2n) is 10.9. The average Bonchev–Trinajstić information content (AvgIpc) is 3.48. The Bertz CT molecular complexity index is 2240. The number of pyridine rings is 1. The predicted octanol–water partition coefficient (Wildman–Crippen LogP) is 10.0. The molecule has 0 unspecified atom stereocenters. The van der Waals surface area contributed by atoms with Crippen molar-refractivity contribution in [1.29, 1.82) is 0 Å². The fourth-order valence-corrected chi connectivity index (χ4v) is 5.78. The van der Waals surface area contributed by atoms with Gasteiger partial charge in [-0.25, -0.2) is 4.39 Å². The summed E-state index contributed by atoms with van der Waals surface area (Å²) in [6.45, 7) is 7.34. The van der Waals surface area contributed by atoms with E-state index < -0.39 is 0 Å². The third kappa shape index (κ3) is 6.18. The summed E-state index contributed by atoms with van der Waals surface area (Å²) in [6.07, 6.45) is 3.09. The average molecular weight is 785 g/mol. The fraction of sp³-hybridized carbons (Fsp3) is 0.0500. The van der Waals surface area contributed by atoms with E-state index in [0.717, 1.165) is 66.4 Å². The molecule has 7 rings (SSSR count). The van der Waals surface area contributed by atoms with Gasteiger partial charge in [0.1, 0.15) is 11.6 Å². The van der Waals surface area contributed by atoms with Crippen LogP contribution in [0, 0.1) is 19.8 Å². The van der Waals surface area contributed by atoms with E-state index in [1.807, 2.05) is 83.6 Å². The molecule has 1 radical (unpaired) electrons. The molecule has 7 aromatic rings. The van der Waals surface area contributed by atoms with Crippen LogP contribution < -0.4 is 4.57 Å². The molecule has 2 aromatic heterocycles. The Morgan fingerprint density at radius 3 is 2.02 bits per heavy atom. The Hall–Kier alpha value is -5.16. The summed E-state index contributed by atoms with van der Waals surface area (Å²) in [5.41, 5.74) is 6.49. The van der Waals surface area contributed by atoms with Crippen LogP contribution in [0.25, 0.3) is 66.2 Å². The van der Waals surface area contributed by atoms with Crippen LogP contribution in [0.5, 0.6) is 0 Å². The smallest absolute Gasteiger partial charge is 0.155 e. The molecule has 0 aliphatic heterocycles. The van der Waals surface area contributed by atoms with Gasteiger partial charge in [0.05, 0.1) is 17.6 Å². The van der Waals surface area contributed by atoms with Crippen molar-refractivity contribution >= 4 is 38.3 Å². The Balaban J connectivity index is 0.000000471. The Labute approximate surface area is 280 Å². The fourth-order valence-electron chi connectivity index (χ4n) is 5.78. The minimum absolute atomic E-state index is 0. The van der Waals surface area contributed by atoms with Crippen molar-refractivity contribution in [3.63, 3.8) is 0 Å². The van der Waals surface area contributed by atoms with Gasteiger partial charge >= 0.3 is 0 Å². The first kappa shape index (κ1) is 32.2. The van der Waals surface area contributed by atoms with Crippen molar-refractivity contribution in [3.05, 3.63) is 153 Å². The number of hydrogen-bond donors (Lipinski definition) is 1. The van der Waals surface area contributed by atoms with E-state index >= 15 is 0 Å². The Morgan fingerprint density at radius 2 is 1.39 bits per heavy atom. The Kier molecular flexibility index (Phi) is 9.43. The summed E-state index contributed by atoms with van der Waals surface area (Å²) < 4.78 is 23.0. The molecule has 0 fully saturated rings. The quantitative estimate of drug-likeness (QED) is 0.0636. The van der Waals surface area contributed by atoms with Crippen molar-refractivity contribution in [2.45, 2.75) is 13.8 Å². The molecule has 0 saturated heterocycles. The number of aromatic nitrogens is 1. The molecule has 2 heterocycles. The number of nitrogens with zero attached hydrogens (tertiary/aromatic N) is 1. The number of carbonyl (C=O) groups excluding carboxylic acids is 1. The van der Waals surface area contributed by atoms with Crippen molar-refractivity contribution in [1.82, 2.24) is 0 Å². The number of furan rings is 1. The van der Waals surface area contributed by atoms with Crippen LogP contribution in [0.1, 0.15) is 19.4 Å². The third-order valence-electron chi connectivity index (χ3n) is 7.73. The number of aliphatic hydroxyl groups excluding tert-OH is 1. The first-order valence-corrected chi connectivity index (χ1v) is 14.5. The van der Waals surface area contributed by atoms with E-state index in [1.54, 1.807) is 6.07 Å². The topological polar surface area (TPSA) is 54.3 Å². The van der Waals surface area contributed by atoms with Crippen LogP contribution in [0.4, 0.5) is 4.39 Å². The minimum Gasteiger partial charge on any atom is -0.515 e. The van der Waals surface area contributed by atoms with Gasteiger partial charge in [-0.3, -0.25) is 4.79 Å². The molecule has 0 aliphatic rings. The second-order valence-corrected chi connectivity index (χ2v) is 10.9. The van der Waals surface area contributed by atoms with Gasteiger partial charge in [-0.05, 0) is 64.7 Å². The second kappa shape index (κ2) is 13.5. The van der Waals surface area contributed by atoms with Gasteiger partial charge in [-0.2, -0.15) is 12.5 Å². The Morgan fingerprint density at radius 1 is 0.761 bits per heavy atom. The number of benzene rings is 5. The summed E-state index contributed by atoms with van der Waals surface area (Å²) in [5, 5.41) is 12.8. The largest absolute Gasteiger partial charge is 0.515 e. The zero-order valence-corrected chi connectivity index (χ0v) is 27.8. The summed E-state index contributed by atoms with van der Waals surface area (Å²) in [5.74, 6) is 0.501. The SMILES string of the molecule is CC(=O)/C=C(/C)O.[CH2-]c1c(-c2c3ccc4c(F)cccc4c3cc[n+]2[CH2-])cc(-c2ccccc2)c2cc(-c3ccccc3)oc12.[Ir].